The van der Waals surface area contributed by atoms with Crippen molar-refractivity contribution in [3.8, 4) is 0 Å². The number of amides is 2. The van der Waals surface area contributed by atoms with E-state index in [4.69, 9.17) is 10.8 Å². The van der Waals surface area contributed by atoms with Gasteiger partial charge in [0, 0.05) is 13.0 Å². The molecule has 2 unspecified atom stereocenters. The Morgan fingerprint density at radius 3 is 2.48 bits per heavy atom. The third kappa shape index (κ3) is 6.32. The second-order valence-electron chi connectivity index (χ2n) is 4.80. The van der Waals surface area contributed by atoms with Crippen LogP contribution in [0.5, 0.6) is 0 Å². The lowest BCUT2D eigenvalue weighted by Crippen LogP contribution is -2.47. The van der Waals surface area contributed by atoms with Crippen molar-refractivity contribution in [2.45, 2.75) is 31.3 Å². The number of nitrogens with two attached hydrogens (primary N) is 1. The van der Waals surface area contributed by atoms with Gasteiger partial charge in [-0.1, -0.05) is 0 Å². The molecule has 9 nitrogen and oxygen atoms in total. The molecule has 1 rings (SSSR count). The molecule has 1 saturated heterocycles. The molecule has 1 aliphatic heterocycles. The lowest BCUT2D eigenvalue weighted by molar-refractivity contribution is -0.139. The van der Waals surface area contributed by atoms with Gasteiger partial charge in [0.25, 0.3) is 0 Å². The predicted molar refractivity (Wildman–Crippen MR) is 72.3 cm³/mol. The van der Waals surface area contributed by atoms with Crippen molar-refractivity contribution in [2.24, 2.45) is 5.73 Å². The molecule has 1 heterocycles. The summed E-state index contributed by atoms with van der Waals surface area (Å²) in [6.07, 6.45) is 0.297. The fourth-order valence-corrected chi connectivity index (χ4v) is 1.80. The highest BCUT2D eigenvalue weighted by Crippen LogP contribution is 1.98. The van der Waals surface area contributed by atoms with Crippen molar-refractivity contribution in [2.75, 3.05) is 19.6 Å². The molecule has 0 radical (unpaired) electrons. The van der Waals surface area contributed by atoms with Crippen LogP contribution in [0.4, 0.5) is 0 Å². The first kappa shape index (κ1) is 17.1. The zero-order valence-electron chi connectivity index (χ0n) is 11.6. The highest BCUT2D eigenvalue weighted by Gasteiger charge is 2.21. The van der Waals surface area contributed by atoms with Crippen molar-refractivity contribution in [3.63, 3.8) is 0 Å². The monoisotopic (exact) mass is 300 g/mol. The number of aliphatic carboxylic acids is 1. The molecule has 0 aromatic heterocycles. The fourth-order valence-electron chi connectivity index (χ4n) is 1.80. The van der Waals surface area contributed by atoms with Crippen LogP contribution in [-0.2, 0) is 19.2 Å². The Kier molecular flexibility index (Phi) is 6.76. The Hall–Kier alpha value is -2.00. The van der Waals surface area contributed by atoms with Gasteiger partial charge in [-0.15, -0.1) is 0 Å². The molecule has 21 heavy (non-hydrogen) atoms. The van der Waals surface area contributed by atoms with Crippen LogP contribution >= 0.6 is 0 Å². The van der Waals surface area contributed by atoms with Crippen LogP contribution in [0.25, 0.3) is 0 Å². The van der Waals surface area contributed by atoms with Gasteiger partial charge in [0.05, 0.1) is 19.1 Å². The summed E-state index contributed by atoms with van der Waals surface area (Å²) in [5.41, 5.74) is 5.64. The van der Waals surface area contributed by atoms with Gasteiger partial charge in [-0.05, 0) is 12.8 Å². The summed E-state index contributed by atoms with van der Waals surface area (Å²) in [6, 6.07) is -1.78. The van der Waals surface area contributed by atoms with E-state index in [0.717, 1.165) is 0 Å². The number of carbonyl (C=O) groups excluding carboxylic acids is 3. The standard InChI is InChI=1S/C12H20N4O5/c13-7-1-2-10(18)16-6-11(19)14-4-3-8(12(20)21)15-5-9(7)17/h7-8,15H,1-6,13H2,(H,14,19)(H,16,18)(H,20,21). The van der Waals surface area contributed by atoms with Gasteiger partial charge in [0.1, 0.15) is 6.04 Å². The molecule has 1 fully saturated rings. The summed E-state index contributed by atoms with van der Waals surface area (Å²) >= 11 is 0. The maximum Gasteiger partial charge on any atom is 0.320 e. The van der Waals surface area contributed by atoms with Crippen LogP contribution in [0.3, 0.4) is 0 Å². The van der Waals surface area contributed by atoms with Crippen molar-refractivity contribution < 1.29 is 24.3 Å². The molecule has 0 saturated carbocycles. The average Bonchev–Trinajstić information content (AvgIpc) is 2.44. The summed E-state index contributed by atoms with van der Waals surface area (Å²) in [4.78, 5) is 45.6. The number of hydrogen-bond donors (Lipinski definition) is 5. The van der Waals surface area contributed by atoms with Gasteiger partial charge in [0.2, 0.25) is 11.8 Å². The van der Waals surface area contributed by atoms with E-state index in [1.54, 1.807) is 0 Å². The lowest BCUT2D eigenvalue weighted by Gasteiger charge is -2.17. The first-order valence-corrected chi connectivity index (χ1v) is 6.68. The summed E-state index contributed by atoms with van der Waals surface area (Å²) in [5, 5.41) is 16.5. The van der Waals surface area contributed by atoms with Crippen LogP contribution in [-0.4, -0.2) is 60.4 Å². The smallest absolute Gasteiger partial charge is 0.320 e. The van der Waals surface area contributed by atoms with E-state index in [1.165, 1.54) is 0 Å². The Labute approximate surface area is 121 Å². The third-order valence-corrected chi connectivity index (χ3v) is 3.12. The fraction of sp³-hybridized carbons (Fsp3) is 0.667. The summed E-state index contributed by atoms with van der Waals surface area (Å²) in [5.74, 6) is -2.21. The lowest BCUT2D eigenvalue weighted by atomic mass is 10.1. The van der Waals surface area contributed by atoms with Crippen LogP contribution in [0.15, 0.2) is 0 Å². The Morgan fingerprint density at radius 2 is 1.81 bits per heavy atom. The molecule has 0 spiro atoms. The molecule has 0 aromatic rings. The average molecular weight is 300 g/mol. The zero-order valence-corrected chi connectivity index (χ0v) is 11.6. The largest absolute Gasteiger partial charge is 0.480 e. The molecule has 118 valence electrons. The van der Waals surface area contributed by atoms with Gasteiger partial charge in [-0.25, -0.2) is 0 Å². The second-order valence-corrected chi connectivity index (χ2v) is 4.80. The molecule has 0 aromatic carbocycles. The predicted octanol–water partition coefficient (Wildman–Crippen LogP) is -2.66. The van der Waals surface area contributed by atoms with Gasteiger partial charge in [0.15, 0.2) is 5.78 Å². The van der Waals surface area contributed by atoms with E-state index in [2.05, 4.69) is 16.0 Å². The van der Waals surface area contributed by atoms with Crippen LogP contribution in [0.1, 0.15) is 19.3 Å². The topological polar surface area (TPSA) is 151 Å². The van der Waals surface area contributed by atoms with Crippen molar-refractivity contribution in [1.29, 1.82) is 0 Å². The Bertz CT molecular complexity index is 426. The first-order chi connectivity index (χ1) is 9.90. The molecule has 6 N–H and O–H groups in total. The maximum atomic E-state index is 11.7. The normalized spacial score (nSPS) is 26.4. The SMILES string of the molecule is NC1CCC(=O)NCC(=O)NCCC(C(=O)O)NCC1=O. The highest BCUT2D eigenvalue weighted by atomic mass is 16.4. The molecule has 1 aliphatic rings. The Balaban J connectivity index is 2.66. The maximum absolute atomic E-state index is 11.7. The first-order valence-electron chi connectivity index (χ1n) is 6.68. The summed E-state index contributed by atoms with van der Waals surface area (Å²) in [7, 11) is 0. The molecule has 0 aliphatic carbocycles. The third-order valence-electron chi connectivity index (χ3n) is 3.12. The van der Waals surface area contributed by atoms with Gasteiger partial charge >= 0.3 is 5.97 Å². The van der Waals surface area contributed by atoms with Crippen LogP contribution in [0.2, 0.25) is 0 Å². The minimum atomic E-state index is -1.11. The van der Waals surface area contributed by atoms with Gasteiger partial charge in [-0.3, -0.25) is 24.5 Å². The molecular formula is C12H20N4O5. The van der Waals surface area contributed by atoms with E-state index in [9.17, 15) is 19.2 Å². The molecular weight excluding hydrogens is 280 g/mol. The number of hydrogen-bond acceptors (Lipinski definition) is 6. The van der Waals surface area contributed by atoms with E-state index < -0.39 is 24.0 Å². The zero-order chi connectivity index (χ0) is 15.8. The number of rotatable bonds is 1. The van der Waals surface area contributed by atoms with Crippen LogP contribution in [0, 0.1) is 0 Å². The number of nitrogens with one attached hydrogen (secondary N) is 3. The number of ketones is 1. The van der Waals surface area contributed by atoms with Crippen LogP contribution < -0.4 is 21.7 Å². The Morgan fingerprint density at radius 1 is 1.10 bits per heavy atom. The molecule has 2 atom stereocenters. The minimum absolute atomic E-state index is 0.0303. The number of carboxylic acids is 1. The number of carboxylic acid groups (broad SMARTS) is 1. The van der Waals surface area contributed by atoms with E-state index >= 15 is 0 Å². The quantitative estimate of drug-likeness (QED) is 0.354. The summed E-state index contributed by atoms with van der Waals surface area (Å²) in [6.45, 7) is -0.250. The number of carbonyl (C=O) groups is 4. The minimum Gasteiger partial charge on any atom is -0.480 e. The second kappa shape index (κ2) is 8.32. The van der Waals surface area contributed by atoms with Crippen molar-refractivity contribution in [1.82, 2.24) is 16.0 Å². The van der Waals surface area contributed by atoms with E-state index in [1.807, 2.05) is 0 Å². The highest BCUT2D eigenvalue weighted by molar-refractivity contribution is 5.88. The van der Waals surface area contributed by atoms with Crippen molar-refractivity contribution >= 4 is 23.6 Å². The summed E-state index contributed by atoms with van der Waals surface area (Å²) < 4.78 is 0. The molecule has 9 heteroatoms. The van der Waals surface area contributed by atoms with Crippen molar-refractivity contribution in [3.05, 3.63) is 0 Å². The molecule has 0 bridgehead atoms. The van der Waals surface area contributed by atoms with Gasteiger partial charge < -0.3 is 21.5 Å². The number of Topliss-reactive ketones (excluding diaryl/α,β-unsaturated/α-hetero) is 1. The molecule has 2 amide bonds. The van der Waals surface area contributed by atoms with Gasteiger partial charge in [-0.2, -0.15) is 0 Å². The van der Waals surface area contributed by atoms with E-state index in [0.29, 0.717) is 0 Å². The van der Waals surface area contributed by atoms with E-state index in [-0.39, 0.29) is 50.6 Å².